The van der Waals surface area contributed by atoms with Gasteiger partial charge in [0.05, 0.1) is 6.54 Å². The number of ether oxygens (including phenoxy) is 1. The Hall–Kier alpha value is -2.50. The molecule has 2 aromatic rings. The summed E-state index contributed by atoms with van der Waals surface area (Å²) in [6, 6.07) is 10.0. The maximum Gasteiger partial charge on any atom is 0.407 e. The molecular formula is C18H25N3O3. The zero-order valence-electron chi connectivity index (χ0n) is 14.4. The van der Waals surface area contributed by atoms with Crippen LogP contribution in [0.5, 0.6) is 0 Å². The monoisotopic (exact) mass is 331 g/mol. The normalized spacial score (nSPS) is 11.3. The van der Waals surface area contributed by atoms with Crippen molar-refractivity contribution < 1.29 is 14.3 Å². The molecule has 6 nitrogen and oxygen atoms in total. The van der Waals surface area contributed by atoms with E-state index in [9.17, 15) is 9.59 Å². The van der Waals surface area contributed by atoms with Gasteiger partial charge in [0.25, 0.3) is 0 Å². The number of fused-ring (bicyclic) bond motifs is 1. The number of rotatable bonds is 6. The Morgan fingerprint density at radius 3 is 2.62 bits per heavy atom. The van der Waals surface area contributed by atoms with E-state index in [0.29, 0.717) is 25.9 Å². The third kappa shape index (κ3) is 5.95. The summed E-state index contributed by atoms with van der Waals surface area (Å²) in [7, 11) is 0. The quantitative estimate of drug-likeness (QED) is 0.711. The third-order valence-electron chi connectivity index (χ3n) is 3.31. The van der Waals surface area contributed by atoms with Gasteiger partial charge in [0, 0.05) is 24.2 Å². The molecule has 0 unspecified atom stereocenters. The summed E-state index contributed by atoms with van der Waals surface area (Å²) in [5.74, 6) is -0.0420. The molecule has 0 radical (unpaired) electrons. The average molecular weight is 331 g/mol. The molecule has 0 spiro atoms. The molecule has 2 rings (SSSR count). The molecule has 1 aromatic carbocycles. The number of carbonyl (C=O) groups excluding carboxylic acids is 2. The second kappa shape index (κ2) is 7.86. The van der Waals surface area contributed by atoms with Crippen LogP contribution < -0.4 is 10.6 Å². The topological polar surface area (TPSA) is 83.2 Å². The molecule has 0 saturated carbocycles. The molecule has 0 bridgehead atoms. The zero-order chi connectivity index (χ0) is 17.6. The van der Waals surface area contributed by atoms with E-state index in [4.69, 9.17) is 4.74 Å². The standard InChI is InChI=1S/C18H25N3O3/c1-18(2,3)24-17(23)19-10-6-9-16(22)20-12-14-11-13-7-4-5-8-15(13)21-14/h4-5,7-8,11,21H,6,9-10,12H2,1-3H3,(H,19,23)(H,20,22). The van der Waals surface area contributed by atoms with Gasteiger partial charge in [-0.3, -0.25) is 4.79 Å². The van der Waals surface area contributed by atoms with Gasteiger partial charge in [0.2, 0.25) is 5.91 Å². The number of carbonyl (C=O) groups is 2. The smallest absolute Gasteiger partial charge is 0.407 e. The van der Waals surface area contributed by atoms with E-state index in [1.54, 1.807) is 0 Å². The summed E-state index contributed by atoms with van der Waals surface area (Å²) >= 11 is 0. The number of aromatic amines is 1. The Balaban J connectivity index is 1.64. The lowest BCUT2D eigenvalue weighted by atomic mass is 10.2. The van der Waals surface area contributed by atoms with E-state index in [-0.39, 0.29) is 5.91 Å². The van der Waals surface area contributed by atoms with Crippen molar-refractivity contribution in [2.45, 2.75) is 45.8 Å². The average Bonchev–Trinajstić information content (AvgIpc) is 2.90. The lowest BCUT2D eigenvalue weighted by molar-refractivity contribution is -0.121. The number of benzene rings is 1. The van der Waals surface area contributed by atoms with Crippen LogP contribution >= 0.6 is 0 Å². The second-order valence-electron chi connectivity index (χ2n) is 6.69. The minimum absolute atomic E-state index is 0.0420. The molecule has 0 fully saturated rings. The fourth-order valence-corrected chi connectivity index (χ4v) is 2.26. The molecule has 130 valence electrons. The highest BCUT2D eigenvalue weighted by Gasteiger charge is 2.15. The second-order valence-corrected chi connectivity index (χ2v) is 6.69. The molecule has 0 aliphatic heterocycles. The lowest BCUT2D eigenvalue weighted by Gasteiger charge is -2.19. The Morgan fingerprint density at radius 2 is 1.92 bits per heavy atom. The van der Waals surface area contributed by atoms with Crippen LogP contribution in [0.4, 0.5) is 4.79 Å². The van der Waals surface area contributed by atoms with Crippen molar-refractivity contribution in [3.05, 3.63) is 36.0 Å². The van der Waals surface area contributed by atoms with Gasteiger partial charge in [0.1, 0.15) is 5.60 Å². The fourth-order valence-electron chi connectivity index (χ4n) is 2.26. The number of alkyl carbamates (subject to hydrolysis) is 1. The Kier molecular flexibility index (Phi) is 5.84. The van der Waals surface area contributed by atoms with Gasteiger partial charge >= 0.3 is 6.09 Å². The van der Waals surface area contributed by atoms with Crippen LogP contribution in [0.2, 0.25) is 0 Å². The van der Waals surface area contributed by atoms with Crippen molar-refractivity contribution >= 4 is 22.9 Å². The Bertz CT molecular complexity index is 668. The summed E-state index contributed by atoms with van der Waals surface area (Å²) < 4.78 is 5.12. The van der Waals surface area contributed by atoms with Crippen LogP contribution in [0.1, 0.15) is 39.3 Å². The SMILES string of the molecule is CC(C)(C)OC(=O)NCCCC(=O)NCc1cc2ccccc2[nH]1. The first-order chi connectivity index (χ1) is 11.3. The number of aromatic nitrogens is 1. The molecule has 1 aromatic heterocycles. The maximum absolute atomic E-state index is 11.8. The van der Waals surface area contributed by atoms with E-state index in [2.05, 4.69) is 15.6 Å². The van der Waals surface area contributed by atoms with Crippen LogP contribution in [0, 0.1) is 0 Å². The van der Waals surface area contributed by atoms with E-state index in [1.165, 1.54) is 0 Å². The van der Waals surface area contributed by atoms with Crippen molar-refractivity contribution in [2.75, 3.05) is 6.54 Å². The van der Waals surface area contributed by atoms with Gasteiger partial charge in [-0.2, -0.15) is 0 Å². The van der Waals surface area contributed by atoms with Crippen molar-refractivity contribution in [3.63, 3.8) is 0 Å². The molecule has 0 aliphatic carbocycles. The van der Waals surface area contributed by atoms with Gasteiger partial charge in [-0.1, -0.05) is 18.2 Å². The zero-order valence-corrected chi connectivity index (χ0v) is 14.4. The van der Waals surface area contributed by atoms with Gasteiger partial charge in [0.15, 0.2) is 0 Å². The summed E-state index contributed by atoms with van der Waals surface area (Å²) in [4.78, 5) is 26.6. The first-order valence-electron chi connectivity index (χ1n) is 8.14. The van der Waals surface area contributed by atoms with E-state index >= 15 is 0 Å². The van der Waals surface area contributed by atoms with Crippen LogP contribution in [0.25, 0.3) is 10.9 Å². The first-order valence-corrected chi connectivity index (χ1v) is 8.14. The molecule has 2 amide bonds. The molecule has 0 aliphatic rings. The number of para-hydroxylation sites is 1. The summed E-state index contributed by atoms with van der Waals surface area (Å²) in [6.45, 7) is 6.31. The number of hydrogen-bond acceptors (Lipinski definition) is 3. The van der Waals surface area contributed by atoms with E-state index < -0.39 is 11.7 Å². The largest absolute Gasteiger partial charge is 0.444 e. The van der Waals surface area contributed by atoms with Crippen molar-refractivity contribution in [1.29, 1.82) is 0 Å². The molecule has 1 heterocycles. The first kappa shape index (κ1) is 17.8. The minimum atomic E-state index is -0.513. The Labute approximate surface area is 142 Å². The number of amides is 2. The predicted octanol–water partition coefficient (Wildman–Crippen LogP) is 3.09. The van der Waals surface area contributed by atoms with Gasteiger partial charge in [-0.05, 0) is 44.7 Å². The van der Waals surface area contributed by atoms with E-state index in [1.807, 2.05) is 51.1 Å². The van der Waals surface area contributed by atoms with Crippen molar-refractivity contribution in [3.8, 4) is 0 Å². The molecule has 0 atom stereocenters. The minimum Gasteiger partial charge on any atom is -0.444 e. The summed E-state index contributed by atoms with van der Waals surface area (Å²) in [5, 5.41) is 6.64. The molecule has 0 saturated heterocycles. The summed E-state index contributed by atoms with van der Waals surface area (Å²) in [6.07, 6.45) is 0.467. The molecule has 6 heteroatoms. The summed E-state index contributed by atoms with van der Waals surface area (Å²) in [5.41, 5.74) is 1.51. The predicted molar refractivity (Wildman–Crippen MR) is 93.6 cm³/mol. The van der Waals surface area contributed by atoms with Crippen LogP contribution in [-0.2, 0) is 16.1 Å². The third-order valence-corrected chi connectivity index (χ3v) is 3.31. The number of hydrogen-bond donors (Lipinski definition) is 3. The van der Waals surface area contributed by atoms with Gasteiger partial charge < -0.3 is 20.4 Å². The number of H-pyrrole nitrogens is 1. The molecular weight excluding hydrogens is 306 g/mol. The highest BCUT2D eigenvalue weighted by molar-refractivity contribution is 5.80. The highest BCUT2D eigenvalue weighted by atomic mass is 16.6. The van der Waals surface area contributed by atoms with Crippen LogP contribution in [-0.4, -0.2) is 29.1 Å². The fraction of sp³-hybridized carbons (Fsp3) is 0.444. The van der Waals surface area contributed by atoms with Crippen LogP contribution in [0.3, 0.4) is 0 Å². The lowest BCUT2D eigenvalue weighted by Crippen LogP contribution is -2.33. The highest BCUT2D eigenvalue weighted by Crippen LogP contribution is 2.14. The molecule has 24 heavy (non-hydrogen) atoms. The van der Waals surface area contributed by atoms with Crippen molar-refractivity contribution in [1.82, 2.24) is 15.6 Å². The maximum atomic E-state index is 11.8. The Morgan fingerprint density at radius 1 is 1.17 bits per heavy atom. The molecule has 3 N–H and O–H groups in total. The number of nitrogens with one attached hydrogen (secondary N) is 3. The van der Waals surface area contributed by atoms with Crippen molar-refractivity contribution in [2.24, 2.45) is 0 Å². The van der Waals surface area contributed by atoms with E-state index in [0.717, 1.165) is 16.6 Å². The van der Waals surface area contributed by atoms with Gasteiger partial charge in [-0.15, -0.1) is 0 Å². The van der Waals surface area contributed by atoms with Gasteiger partial charge in [-0.25, -0.2) is 4.79 Å². The van der Waals surface area contributed by atoms with Crippen LogP contribution in [0.15, 0.2) is 30.3 Å².